The Balaban J connectivity index is 3.70. The van der Waals surface area contributed by atoms with E-state index in [2.05, 4.69) is 4.84 Å². The minimum atomic E-state index is -1.77. The van der Waals surface area contributed by atoms with Crippen LogP contribution in [-0.2, 0) is 0 Å². The molecule has 0 atom stereocenters. The highest BCUT2D eigenvalue weighted by molar-refractivity contribution is 5.93. The van der Waals surface area contributed by atoms with E-state index in [9.17, 15) is 35.1 Å². The molecule has 0 spiro atoms. The maximum atomic E-state index is 10.8. The average molecular weight is 273 g/mol. The smallest absolute Gasteiger partial charge is 0.376 e. The first-order valence-corrected chi connectivity index (χ1v) is 4.27. The summed E-state index contributed by atoms with van der Waals surface area (Å²) in [7, 11) is 0. The van der Waals surface area contributed by atoms with Gasteiger partial charge in [0.25, 0.3) is 5.09 Å². The maximum Gasteiger partial charge on any atom is 0.376 e. The van der Waals surface area contributed by atoms with Gasteiger partial charge >= 0.3 is 17.3 Å². The van der Waals surface area contributed by atoms with Gasteiger partial charge in [-0.25, -0.2) is 4.79 Å². The minimum absolute atomic E-state index is 0.550. The molecule has 1 aromatic carbocycles. The average Bonchev–Trinajstić information content (AvgIpc) is 2.26. The number of nitro groups is 2. The van der Waals surface area contributed by atoms with Gasteiger partial charge in [0, 0.05) is 6.07 Å². The summed E-state index contributed by atoms with van der Waals surface area (Å²) in [5.74, 6) is -3.08. The fourth-order valence-corrected chi connectivity index (χ4v) is 1.22. The van der Waals surface area contributed by atoms with Gasteiger partial charge in [0.15, 0.2) is 0 Å². The lowest BCUT2D eigenvalue weighted by molar-refractivity contribution is -0.712. The standard InChI is InChI=1S/C7H3N3O9/c11-7(12)3-1-2-4(8(13)14)5(9(15)16)6(3)19-10(17)18/h1-2H,(H,11,12). The van der Waals surface area contributed by atoms with Crippen LogP contribution in [0.4, 0.5) is 11.4 Å². The lowest BCUT2D eigenvalue weighted by Crippen LogP contribution is -2.12. The lowest BCUT2D eigenvalue weighted by atomic mass is 10.1. The van der Waals surface area contributed by atoms with E-state index < -0.39 is 43.6 Å². The summed E-state index contributed by atoms with van der Waals surface area (Å²) in [4.78, 5) is 43.5. The number of hydrogen-bond acceptors (Lipinski definition) is 8. The van der Waals surface area contributed by atoms with Crippen LogP contribution in [-0.4, -0.2) is 26.0 Å². The third kappa shape index (κ3) is 2.68. The Morgan fingerprint density at radius 1 is 1.11 bits per heavy atom. The van der Waals surface area contributed by atoms with Crippen LogP contribution >= 0.6 is 0 Å². The number of carboxylic acids is 1. The molecule has 1 rings (SSSR count). The van der Waals surface area contributed by atoms with Gasteiger partial charge in [0.2, 0.25) is 5.75 Å². The molecular weight excluding hydrogens is 270 g/mol. The fourth-order valence-electron chi connectivity index (χ4n) is 1.22. The van der Waals surface area contributed by atoms with E-state index >= 15 is 0 Å². The van der Waals surface area contributed by atoms with Crippen molar-refractivity contribution in [3.8, 4) is 5.75 Å². The number of nitro benzene ring substituents is 2. The lowest BCUT2D eigenvalue weighted by Gasteiger charge is -2.04. The van der Waals surface area contributed by atoms with Crippen LogP contribution in [0.25, 0.3) is 0 Å². The Kier molecular flexibility index (Phi) is 3.55. The van der Waals surface area contributed by atoms with Gasteiger partial charge in [-0.15, -0.1) is 10.1 Å². The molecule has 0 aliphatic rings. The first kappa shape index (κ1) is 13.8. The quantitative estimate of drug-likeness (QED) is 0.599. The van der Waals surface area contributed by atoms with Crippen LogP contribution in [0.2, 0.25) is 0 Å². The first-order chi connectivity index (χ1) is 8.75. The first-order valence-electron chi connectivity index (χ1n) is 4.27. The predicted molar refractivity (Wildman–Crippen MR) is 54.3 cm³/mol. The second-order valence-electron chi connectivity index (χ2n) is 2.94. The molecule has 0 amide bonds. The van der Waals surface area contributed by atoms with Crippen molar-refractivity contribution in [2.45, 2.75) is 0 Å². The van der Waals surface area contributed by atoms with E-state index in [1.54, 1.807) is 0 Å². The van der Waals surface area contributed by atoms with Crippen LogP contribution in [0.3, 0.4) is 0 Å². The predicted octanol–water partition coefficient (Wildman–Crippen LogP) is 0.772. The molecule has 0 bridgehead atoms. The normalized spacial score (nSPS) is 9.68. The van der Waals surface area contributed by atoms with Crippen LogP contribution in [0.5, 0.6) is 5.75 Å². The van der Waals surface area contributed by atoms with E-state index in [-0.39, 0.29) is 0 Å². The van der Waals surface area contributed by atoms with Crippen molar-refractivity contribution in [1.82, 2.24) is 0 Å². The SMILES string of the molecule is O=C(O)c1ccc([N+](=O)[O-])c([N+](=O)[O-])c1O[N+](=O)[O-]. The molecule has 0 aliphatic heterocycles. The molecule has 0 heterocycles. The topological polar surface area (TPSA) is 176 Å². The van der Waals surface area contributed by atoms with E-state index in [1.807, 2.05) is 0 Å². The monoisotopic (exact) mass is 273 g/mol. The Hall–Kier alpha value is -3.31. The third-order valence-electron chi connectivity index (χ3n) is 1.89. The Morgan fingerprint density at radius 3 is 2.05 bits per heavy atom. The number of carbonyl (C=O) groups is 1. The van der Waals surface area contributed by atoms with Gasteiger partial charge in [-0.05, 0) is 6.07 Å². The van der Waals surface area contributed by atoms with Crippen LogP contribution in [0.1, 0.15) is 10.4 Å². The minimum Gasteiger partial charge on any atom is -0.478 e. The number of rotatable bonds is 5. The second-order valence-corrected chi connectivity index (χ2v) is 2.94. The molecule has 0 fully saturated rings. The highest BCUT2D eigenvalue weighted by atomic mass is 17.0. The summed E-state index contributed by atoms with van der Waals surface area (Å²) in [6.07, 6.45) is 0. The van der Waals surface area contributed by atoms with Crippen molar-refractivity contribution in [2.75, 3.05) is 0 Å². The zero-order chi connectivity index (χ0) is 14.7. The zero-order valence-electron chi connectivity index (χ0n) is 8.71. The summed E-state index contributed by atoms with van der Waals surface area (Å²) in [6.45, 7) is 0. The van der Waals surface area contributed by atoms with Gasteiger partial charge in [-0.3, -0.25) is 25.1 Å². The van der Waals surface area contributed by atoms with Crippen molar-refractivity contribution in [3.05, 3.63) is 48.0 Å². The van der Waals surface area contributed by atoms with Crippen molar-refractivity contribution < 1.29 is 29.7 Å². The Bertz CT molecular complexity index is 596. The summed E-state index contributed by atoms with van der Waals surface area (Å²) in [5, 5.41) is 38.7. The molecule has 0 aromatic heterocycles. The number of hydrogen-bond donors (Lipinski definition) is 1. The largest absolute Gasteiger partial charge is 0.478 e. The van der Waals surface area contributed by atoms with Gasteiger partial charge < -0.3 is 5.11 Å². The van der Waals surface area contributed by atoms with Crippen LogP contribution in [0, 0.1) is 30.3 Å². The van der Waals surface area contributed by atoms with E-state index in [0.29, 0.717) is 12.1 Å². The molecule has 19 heavy (non-hydrogen) atoms. The van der Waals surface area contributed by atoms with Crippen molar-refractivity contribution in [1.29, 1.82) is 0 Å². The number of nitrogens with zero attached hydrogens (tertiary/aromatic N) is 3. The van der Waals surface area contributed by atoms with Crippen molar-refractivity contribution >= 4 is 17.3 Å². The van der Waals surface area contributed by atoms with E-state index in [4.69, 9.17) is 5.11 Å². The fraction of sp³-hybridized carbons (Fsp3) is 0. The Morgan fingerprint density at radius 2 is 1.68 bits per heavy atom. The zero-order valence-corrected chi connectivity index (χ0v) is 8.71. The Labute approximate surface area is 102 Å². The molecule has 0 aliphatic carbocycles. The van der Waals surface area contributed by atoms with Crippen LogP contribution < -0.4 is 4.84 Å². The molecular formula is C7H3N3O9. The molecule has 0 unspecified atom stereocenters. The number of benzene rings is 1. The second kappa shape index (κ2) is 4.91. The van der Waals surface area contributed by atoms with E-state index in [1.165, 1.54) is 0 Å². The molecule has 1 aromatic rings. The molecule has 12 heteroatoms. The summed E-state index contributed by atoms with van der Waals surface area (Å²) >= 11 is 0. The maximum absolute atomic E-state index is 10.8. The molecule has 0 radical (unpaired) electrons. The van der Waals surface area contributed by atoms with E-state index in [0.717, 1.165) is 0 Å². The van der Waals surface area contributed by atoms with Gasteiger partial charge in [0.05, 0.1) is 15.4 Å². The van der Waals surface area contributed by atoms with Gasteiger partial charge in [-0.2, -0.15) is 0 Å². The molecule has 100 valence electrons. The van der Waals surface area contributed by atoms with Gasteiger partial charge in [-0.1, -0.05) is 0 Å². The molecule has 0 saturated heterocycles. The number of aromatic carboxylic acids is 1. The highest BCUT2D eigenvalue weighted by Gasteiger charge is 2.35. The number of carboxylic acid groups (broad SMARTS) is 1. The molecule has 1 N–H and O–H groups in total. The van der Waals surface area contributed by atoms with Crippen LogP contribution in [0.15, 0.2) is 12.1 Å². The molecule has 12 nitrogen and oxygen atoms in total. The van der Waals surface area contributed by atoms with Crippen molar-refractivity contribution in [3.63, 3.8) is 0 Å². The molecule has 0 saturated carbocycles. The van der Waals surface area contributed by atoms with Crippen molar-refractivity contribution in [2.24, 2.45) is 0 Å². The van der Waals surface area contributed by atoms with Gasteiger partial charge in [0.1, 0.15) is 0 Å². The summed E-state index contributed by atoms with van der Waals surface area (Å²) in [5.41, 5.74) is -3.46. The highest BCUT2D eigenvalue weighted by Crippen LogP contribution is 2.39. The summed E-state index contributed by atoms with van der Waals surface area (Å²) in [6, 6.07) is 1.15. The third-order valence-corrected chi connectivity index (χ3v) is 1.89. The summed E-state index contributed by atoms with van der Waals surface area (Å²) < 4.78 is 0.